The Morgan fingerprint density at radius 1 is 1.00 bits per heavy atom. The molecule has 0 N–H and O–H groups in total. The summed E-state index contributed by atoms with van der Waals surface area (Å²) >= 11 is 19.4. The van der Waals surface area contributed by atoms with E-state index in [9.17, 15) is 8.78 Å². The molecule has 0 aromatic carbocycles. The molecule has 0 unspecified atom stereocenters. The molecule has 0 bridgehead atoms. The van der Waals surface area contributed by atoms with Crippen molar-refractivity contribution in [1.82, 2.24) is 0 Å². The topological polar surface area (TPSA) is 0 Å². The molecule has 0 aliphatic rings. The minimum absolute atomic E-state index is 0.980. The molecule has 0 saturated heterocycles. The van der Waals surface area contributed by atoms with Crippen molar-refractivity contribution in [3.8, 4) is 0 Å². The first-order valence-electron chi connectivity index (χ1n) is 1.84. The molecule has 0 fully saturated rings. The number of hydrogen-bond acceptors (Lipinski definition) is 0. The molecule has 9 heavy (non-hydrogen) atoms. The van der Waals surface area contributed by atoms with E-state index in [1.54, 1.807) is 0 Å². The van der Waals surface area contributed by atoms with Crippen LogP contribution < -0.4 is 0 Å². The second-order valence-electron chi connectivity index (χ2n) is 1.41. The molecule has 0 saturated carbocycles. The summed E-state index contributed by atoms with van der Waals surface area (Å²) < 4.78 is 21.5. The van der Waals surface area contributed by atoms with Gasteiger partial charge in [0.2, 0.25) is 0 Å². The minimum Gasteiger partial charge on any atom is -0.188 e. The molecule has 0 nitrogen and oxygen atoms in total. The molecule has 0 spiro atoms. The van der Waals surface area contributed by atoms with E-state index in [0.29, 0.717) is 0 Å². The summed E-state index contributed by atoms with van der Waals surface area (Å²) in [5.74, 6) is 0. The molecule has 0 aliphatic carbocycles. The quantitative estimate of drug-likeness (QED) is 0.590. The van der Waals surface area contributed by atoms with E-state index in [2.05, 4.69) is 11.6 Å². The van der Waals surface area contributed by atoms with E-state index < -0.39 is 15.6 Å². The van der Waals surface area contributed by atoms with Crippen LogP contribution in [0.3, 0.4) is 0 Å². The lowest BCUT2D eigenvalue weighted by Crippen LogP contribution is -2.16. The fourth-order valence-electron chi connectivity index (χ4n) is 0.227. The minimum atomic E-state index is -3.44. The molecule has 0 heterocycles. The average Bonchev–Trinajstić information content (AvgIpc) is 1.14. The third-order valence-electron chi connectivity index (χ3n) is 0.401. The zero-order chi connectivity index (χ0) is 7.71. The molecular weight excluding hydrogens is 216 g/mol. The van der Waals surface area contributed by atoms with Crippen molar-refractivity contribution in [3.05, 3.63) is 0 Å². The van der Waals surface area contributed by atoms with E-state index in [0.717, 1.165) is 0 Å². The largest absolute Gasteiger partial charge is 0.325 e. The second-order valence-corrected chi connectivity index (χ2v) is 4.48. The van der Waals surface area contributed by atoms with Gasteiger partial charge in [-0.2, -0.15) is 8.78 Å². The zero-order valence-electron chi connectivity index (χ0n) is 3.97. The fraction of sp³-hybridized carbons (Fsp3) is 1.00. The zero-order valence-corrected chi connectivity index (χ0v) is 7.00. The number of rotatable bonds is 1. The molecule has 0 rings (SSSR count). The van der Waals surface area contributed by atoms with Crippen LogP contribution in [-0.4, -0.2) is 9.17 Å². The van der Waals surface area contributed by atoms with Crippen molar-refractivity contribution in [2.45, 2.75) is 15.6 Å². The van der Waals surface area contributed by atoms with Gasteiger partial charge in [0.15, 0.2) is 3.79 Å². The normalized spacial score (nSPS) is 14.0. The summed E-state index contributed by atoms with van der Waals surface area (Å²) in [6, 6.07) is 0. The maximum Gasteiger partial charge on any atom is 0.325 e. The van der Waals surface area contributed by atoms with Crippen LogP contribution in [0.1, 0.15) is 6.42 Å². The first-order valence-corrected chi connectivity index (χ1v) is 3.35. The molecule has 0 amide bonds. The maximum absolute atomic E-state index is 11.7. The SMILES string of the molecule is FC(F)(Cl)CC(Cl)(Cl)Cl. The van der Waals surface area contributed by atoms with E-state index in [1.807, 2.05) is 0 Å². The Kier molecular flexibility index (Phi) is 3.29. The lowest BCUT2D eigenvalue weighted by atomic mass is 10.5. The average molecular weight is 218 g/mol. The summed E-state index contributed by atoms with van der Waals surface area (Å²) in [6.07, 6.45) is -0.980. The van der Waals surface area contributed by atoms with Crippen LogP contribution in [0, 0.1) is 0 Å². The molecule has 0 atom stereocenters. The van der Waals surface area contributed by atoms with Crippen molar-refractivity contribution in [2.75, 3.05) is 0 Å². The van der Waals surface area contributed by atoms with Crippen molar-refractivity contribution >= 4 is 46.4 Å². The predicted octanol–water partition coefficient (Wildman–Crippen LogP) is 3.58. The smallest absolute Gasteiger partial charge is 0.188 e. The van der Waals surface area contributed by atoms with Crippen LogP contribution in [0.15, 0.2) is 0 Å². The Morgan fingerprint density at radius 3 is 1.33 bits per heavy atom. The lowest BCUT2D eigenvalue weighted by molar-refractivity contribution is 0.0877. The Hall–Kier alpha value is 1.02. The van der Waals surface area contributed by atoms with Crippen LogP contribution >= 0.6 is 46.4 Å². The van der Waals surface area contributed by atoms with Gasteiger partial charge in [-0.25, -0.2) is 0 Å². The molecule has 0 aromatic heterocycles. The molecule has 56 valence electrons. The van der Waals surface area contributed by atoms with Crippen molar-refractivity contribution in [2.24, 2.45) is 0 Å². The lowest BCUT2D eigenvalue weighted by Gasteiger charge is -2.13. The monoisotopic (exact) mass is 216 g/mol. The van der Waals surface area contributed by atoms with Gasteiger partial charge >= 0.3 is 5.38 Å². The second kappa shape index (κ2) is 2.95. The highest BCUT2D eigenvalue weighted by molar-refractivity contribution is 6.67. The van der Waals surface area contributed by atoms with Crippen LogP contribution in [0.4, 0.5) is 8.78 Å². The van der Waals surface area contributed by atoms with Crippen molar-refractivity contribution in [3.63, 3.8) is 0 Å². The number of halogens is 6. The van der Waals surface area contributed by atoms with Gasteiger partial charge in [-0.1, -0.05) is 34.8 Å². The van der Waals surface area contributed by atoms with E-state index in [1.165, 1.54) is 0 Å². The molecule has 0 aromatic rings. The molecular formula is C3H2Cl4F2. The Morgan fingerprint density at radius 2 is 1.33 bits per heavy atom. The van der Waals surface area contributed by atoms with Gasteiger partial charge in [0.25, 0.3) is 0 Å². The van der Waals surface area contributed by atoms with Gasteiger partial charge in [0.1, 0.15) is 0 Å². The Balaban J connectivity index is 3.75. The standard InChI is InChI=1S/C3H2Cl4F2/c4-2(5,6)1-3(7,8)9/h1H2. The Bertz CT molecular complexity index is 79.0. The van der Waals surface area contributed by atoms with Gasteiger partial charge in [0, 0.05) is 0 Å². The third-order valence-corrected chi connectivity index (χ3v) is 0.935. The number of hydrogen-bond donors (Lipinski definition) is 0. The van der Waals surface area contributed by atoms with Crippen LogP contribution in [-0.2, 0) is 0 Å². The summed E-state index contributed by atoms with van der Waals surface area (Å²) in [5.41, 5.74) is 0. The van der Waals surface area contributed by atoms with Crippen LogP contribution in [0.25, 0.3) is 0 Å². The van der Waals surface area contributed by atoms with Gasteiger partial charge in [-0.05, 0) is 11.6 Å². The summed E-state index contributed by atoms with van der Waals surface area (Å²) in [5, 5.41) is -3.44. The summed E-state index contributed by atoms with van der Waals surface area (Å²) in [4.78, 5) is 0. The summed E-state index contributed by atoms with van der Waals surface area (Å²) in [7, 11) is 0. The first kappa shape index (κ1) is 10.0. The highest BCUT2D eigenvalue weighted by Crippen LogP contribution is 2.39. The van der Waals surface area contributed by atoms with Crippen molar-refractivity contribution in [1.29, 1.82) is 0 Å². The molecule has 0 radical (unpaired) electrons. The highest BCUT2D eigenvalue weighted by atomic mass is 35.6. The number of alkyl halides is 6. The Labute approximate surface area is 71.0 Å². The van der Waals surface area contributed by atoms with Gasteiger partial charge in [0.05, 0.1) is 6.42 Å². The molecule has 0 aliphatic heterocycles. The third kappa shape index (κ3) is 9.02. The van der Waals surface area contributed by atoms with Crippen LogP contribution in [0.2, 0.25) is 0 Å². The van der Waals surface area contributed by atoms with E-state index in [-0.39, 0.29) is 0 Å². The van der Waals surface area contributed by atoms with E-state index in [4.69, 9.17) is 34.8 Å². The van der Waals surface area contributed by atoms with Crippen LogP contribution in [0.5, 0.6) is 0 Å². The maximum atomic E-state index is 11.7. The first-order chi connectivity index (χ1) is 3.71. The molecule has 6 heteroatoms. The van der Waals surface area contributed by atoms with Gasteiger partial charge in [-0.3, -0.25) is 0 Å². The van der Waals surface area contributed by atoms with Gasteiger partial charge < -0.3 is 0 Å². The van der Waals surface area contributed by atoms with E-state index >= 15 is 0 Å². The van der Waals surface area contributed by atoms with Crippen molar-refractivity contribution < 1.29 is 8.78 Å². The fourth-order valence-corrected chi connectivity index (χ4v) is 1.14. The highest BCUT2D eigenvalue weighted by Gasteiger charge is 2.36. The predicted molar refractivity (Wildman–Crippen MR) is 35.7 cm³/mol. The van der Waals surface area contributed by atoms with Gasteiger partial charge in [-0.15, -0.1) is 0 Å². The summed E-state index contributed by atoms with van der Waals surface area (Å²) in [6.45, 7) is 0.